The van der Waals surface area contributed by atoms with Gasteiger partial charge in [0.15, 0.2) is 0 Å². The number of nitrogens with one attached hydrogen (secondary N) is 2. The van der Waals surface area contributed by atoms with Crippen LogP contribution < -0.4 is 10.6 Å². The summed E-state index contributed by atoms with van der Waals surface area (Å²) in [4.78, 5) is 20.6. The van der Waals surface area contributed by atoms with Crippen molar-refractivity contribution in [2.45, 2.75) is 6.92 Å². The van der Waals surface area contributed by atoms with Gasteiger partial charge in [-0.05, 0) is 42.8 Å². The standard InChI is InChI=1S/C18H15BrN4O/c1-12-4-2-3-5-16(12)23-17(24)13-10-20-18(21-11-13)22-15-8-6-14(19)7-9-15/h2-11H,1H3,(H,23,24)(H,20,21,22). The minimum atomic E-state index is -0.237. The van der Waals surface area contributed by atoms with Crippen LogP contribution in [0.5, 0.6) is 0 Å². The van der Waals surface area contributed by atoms with E-state index in [-0.39, 0.29) is 5.91 Å². The minimum Gasteiger partial charge on any atom is -0.324 e. The molecule has 1 heterocycles. The molecule has 0 fully saturated rings. The molecule has 0 atom stereocenters. The number of anilines is 3. The van der Waals surface area contributed by atoms with Crippen molar-refractivity contribution in [3.63, 3.8) is 0 Å². The van der Waals surface area contributed by atoms with Crippen LogP contribution in [0.25, 0.3) is 0 Å². The van der Waals surface area contributed by atoms with Gasteiger partial charge in [-0.15, -0.1) is 0 Å². The van der Waals surface area contributed by atoms with Crippen LogP contribution in [-0.4, -0.2) is 15.9 Å². The van der Waals surface area contributed by atoms with E-state index in [2.05, 4.69) is 36.5 Å². The second kappa shape index (κ2) is 7.23. The average Bonchev–Trinajstić information content (AvgIpc) is 2.59. The highest BCUT2D eigenvalue weighted by atomic mass is 79.9. The zero-order valence-corrected chi connectivity index (χ0v) is 14.5. The van der Waals surface area contributed by atoms with Crippen molar-refractivity contribution in [2.24, 2.45) is 0 Å². The lowest BCUT2D eigenvalue weighted by molar-refractivity contribution is 0.102. The summed E-state index contributed by atoms with van der Waals surface area (Å²) < 4.78 is 0.997. The molecule has 0 spiro atoms. The summed E-state index contributed by atoms with van der Waals surface area (Å²) in [5, 5.41) is 5.94. The van der Waals surface area contributed by atoms with Gasteiger partial charge in [0.2, 0.25) is 5.95 Å². The van der Waals surface area contributed by atoms with Crippen molar-refractivity contribution in [3.8, 4) is 0 Å². The third kappa shape index (κ3) is 3.97. The number of carbonyl (C=O) groups is 1. The Morgan fingerprint density at radius 2 is 1.67 bits per heavy atom. The normalized spacial score (nSPS) is 10.2. The number of halogens is 1. The van der Waals surface area contributed by atoms with Gasteiger partial charge in [0.1, 0.15) is 0 Å². The lowest BCUT2D eigenvalue weighted by Crippen LogP contribution is -2.13. The number of aryl methyl sites for hydroxylation is 1. The molecule has 2 N–H and O–H groups in total. The smallest absolute Gasteiger partial charge is 0.258 e. The van der Waals surface area contributed by atoms with Crippen LogP contribution in [0.3, 0.4) is 0 Å². The molecule has 3 aromatic rings. The van der Waals surface area contributed by atoms with E-state index in [1.54, 1.807) is 0 Å². The van der Waals surface area contributed by atoms with Gasteiger partial charge in [-0.3, -0.25) is 4.79 Å². The molecule has 24 heavy (non-hydrogen) atoms. The largest absolute Gasteiger partial charge is 0.324 e. The monoisotopic (exact) mass is 382 g/mol. The van der Waals surface area contributed by atoms with E-state index in [9.17, 15) is 4.79 Å². The van der Waals surface area contributed by atoms with Crippen molar-refractivity contribution in [2.75, 3.05) is 10.6 Å². The van der Waals surface area contributed by atoms with Gasteiger partial charge in [0, 0.05) is 28.2 Å². The Labute approximate surface area is 148 Å². The number of carbonyl (C=O) groups excluding carboxylic acids is 1. The maximum atomic E-state index is 12.3. The van der Waals surface area contributed by atoms with Gasteiger partial charge >= 0.3 is 0 Å². The van der Waals surface area contributed by atoms with Gasteiger partial charge in [0.05, 0.1) is 5.56 Å². The first-order valence-electron chi connectivity index (χ1n) is 7.33. The van der Waals surface area contributed by atoms with Crippen LogP contribution in [0.2, 0.25) is 0 Å². The molecule has 0 unspecified atom stereocenters. The molecule has 0 saturated carbocycles. The summed E-state index contributed by atoms with van der Waals surface area (Å²) in [5.74, 6) is 0.198. The predicted octanol–water partition coefficient (Wildman–Crippen LogP) is 4.54. The van der Waals surface area contributed by atoms with Gasteiger partial charge in [-0.25, -0.2) is 9.97 Å². The second-order valence-corrected chi connectivity index (χ2v) is 6.11. The fourth-order valence-corrected chi connectivity index (χ4v) is 2.34. The quantitative estimate of drug-likeness (QED) is 0.694. The van der Waals surface area contributed by atoms with E-state index >= 15 is 0 Å². The minimum absolute atomic E-state index is 0.237. The summed E-state index contributed by atoms with van der Waals surface area (Å²) >= 11 is 3.39. The second-order valence-electron chi connectivity index (χ2n) is 5.20. The summed E-state index contributed by atoms with van der Waals surface area (Å²) in [6.45, 7) is 1.94. The molecule has 120 valence electrons. The van der Waals surface area contributed by atoms with Crippen molar-refractivity contribution in [3.05, 3.63) is 76.5 Å². The first kappa shape index (κ1) is 16.1. The van der Waals surface area contributed by atoms with E-state index in [1.807, 2.05) is 55.5 Å². The molecular weight excluding hydrogens is 368 g/mol. The fraction of sp³-hybridized carbons (Fsp3) is 0.0556. The molecule has 3 rings (SSSR count). The number of benzene rings is 2. The average molecular weight is 383 g/mol. The molecular formula is C18H15BrN4O. The zero-order valence-electron chi connectivity index (χ0n) is 13.0. The topological polar surface area (TPSA) is 66.9 Å². The molecule has 6 heteroatoms. The van der Waals surface area contributed by atoms with E-state index in [0.717, 1.165) is 21.4 Å². The summed E-state index contributed by atoms with van der Waals surface area (Å²) in [5.41, 5.74) is 3.05. The highest BCUT2D eigenvalue weighted by Gasteiger charge is 2.09. The zero-order chi connectivity index (χ0) is 16.9. The Hall–Kier alpha value is -2.73. The molecule has 0 aliphatic rings. The fourth-order valence-electron chi connectivity index (χ4n) is 2.08. The van der Waals surface area contributed by atoms with Crippen LogP contribution in [0.1, 0.15) is 15.9 Å². The number of hydrogen-bond acceptors (Lipinski definition) is 4. The number of aromatic nitrogens is 2. The van der Waals surface area contributed by atoms with E-state index < -0.39 is 0 Å². The maximum Gasteiger partial charge on any atom is 0.258 e. The van der Waals surface area contributed by atoms with Crippen molar-refractivity contribution in [1.29, 1.82) is 0 Å². The third-order valence-electron chi connectivity index (χ3n) is 3.41. The molecule has 0 radical (unpaired) electrons. The molecule has 0 aliphatic heterocycles. The highest BCUT2D eigenvalue weighted by molar-refractivity contribution is 9.10. The maximum absolute atomic E-state index is 12.3. The first-order chi connectivity index (χ1) is 11.6. The molecule has 2 aromatic carbocycles. The van der Waals surface area contributed by atoms with Crippen molar-refractivity contribution >= 4 is 39.2 Å². The number of amides is 1. The Morgan fingerprint density at radius 1 is 1.00 bits per heavy atom. The number of para-hydroxylation sites is 1. The summed E-state index contributed by atoms with van der Waals surface area (Å²) in [6, 6.07) is 15.3. The molecule has 1 aromatic heterocycles. The van der Waals surface area contributed by atoms with E-state index in [4.69, 9.17) is 0 Å². The van der Waals surface area contributed by atoms with E-state index in [1.165, 1.54) is 12.4 Å². The van der Waals surface area contributed by atoms with Crippen LogP contribution in [0.15, 0.2) is 65.4 Å². The number of nitrogens with zero attached hydrogens (tertiary/aromatic N) is 2. The van der Waals surface area contributed by atoms with Crippen LogP contribution in [-0.2, 0) is 0 Å². The molecule has 1 amide bonds. The molecule has 0 aliphatic carbocycles. The lowest BCUT2D eigenvalue weighted by Gasteiger charge is -2.08. The summed E-state index contributed by atoms with van der Waals surface area (Å²) in [7, 11) is 0. The Balaban J connectivity index is 1.68. The Kier molecular flexibility index (Phi) is 4.86. The molecule has 5 nitrogen and oxygen atoms in total. The van der Waals surface area contributed by atoms with Crippen molar-refractivity contribution < 1.29 is 4.79 Å². The summed E-state index contributed by atoms with van der Waals surface area (Å²) in [6.07, 6.45) is 3.00. The highest BCUT2D eigenvalue weighted by Crippen LogP contribution is 2.17. The van der Waals surface area contributed by atoms with Gasteiger partial charge in [-0.2, -0.15) is 0 Å². The van der Waals surface area contributed by atoms with Crippen molar-refractivity contribution in [1.82, 2.24) is 9.97 Å². The lowest BCUT2D eigenvalue weighted by atomic mass is 10.2. The van der Waals surface area contributed by atoms with Gasteiger partial charge < -0.3 is 10.6 Å². The van der Waals surface area contributed by atoms with Gasteiger partial charge in [-0.1, -0.05) is 34.1 Å². The number of hydrogen-bond donors (Lipinski definition) is 2. The molecule has 0 bridgehead atoms. The third-order valence-corrected chi connectivity index (χ3v) is 3.94. The van der Waals surface area contributed by atoms with Gasteiger partial charge in [0.25, 0.3) is 5.91 Å². The Bertz CT molecular complexity index is 848. The predicted molar refractivity (Wildman–Crippen MR) is 98.6 cm³/mol. The van der Waals surface area contributed by atoms with Crippen LogP contribution >= 0.6 is 15.9 Å². The van der Waals surface area contributed by atoms with E-state index in [0.29, 0.717) is 11.5 Å². The first-order valence-corrected chi connectivity index (χ1v) is 8.13. The SMILES string of the molecule is Cc1ccccc1NC(=O)c1cnc(Nc2ccc(Br)cc2)nc1. The molecule has 0 saturated heterocycles. The van der Waals surface area contributed by atoms with Crippen LogP contribution in [0, 0.1) is 6.92 Å². The Morgan fingerprint density at radius 3 is 2.33 bits per heavy atom. The number of rotatable bonds is 4. The van der Waals surface area contributed by atoms with Crippen LogP contribution in [0.4, 0.5) is 17.3 Å².